The van der Waals surface area contributed by atoms with Crippen molar-refractivity contribution < 1.29 is 9.53 Å². The summed E-state index contributed by atoms with van der Waals surface area (Å²) in [5.74, 6) is 0.0647. The van der Waals surface area contributed by atoms with Gasteiger partial charge in [0, 0.05) is 12.7 Å². The number of carbonyl (C=O) groups excluding carboxylic acids is 1. The maximum atomic E-state index is 12.2. The van der Waals surface area contributed by atoms with E-state index >= 15 is 0 Å². The van der Waals surface area contributed by atoms with Crippen LogP contribution in [0.1, 0.15) is 23.7 Å². The van der Waals surface area contributed by atoms with Gasteiger partial charge in [0.15, 0.2) is 0 Å². The Hall–Kier alpha value is -2.09. The van der Waals surface area contributed by atoms with Crippen molar-refractivity contribution in [3.63, 3.8) is 0 Å². The minimum absolute atomic E-state index is 0.0741. The third kappa shape index (κ3) is 3.18. The van der Waals surface area contributed by atoms with Crippen LogP contribution in [0.5, 0.6) is 5.88 Å². The molecule has 1 amide bonds. The lowest BCUT2D eigenvalue weighted by atomic mass is 10.2. The number of aromatic nitrogens is 1. The molecule has 5 nitrogen and oxygen atoms in total. The van der Waals surface area contributed by atoms with Crippen LogP contribution in [0.25, 0.3) is 0 Å². The zero-order valence-electron chi connectivity index (χ0n) is 10.0. The summed E-state index contributed by atoms with van der Waals surface area (Å²) in [6.07, 6.45) is 2.36. The molecule has 1 heterocycles. The minimum Gasteiger partial charge on any atom is -0.480 e. The molecule has 0 atom stereocenters. The molecule has 1 aromatic heterocycles. The van der Waals surface area contributed by atoms with Crippen LogP contribution in [0.3, 0.4) is 0 Å². The molecule has 0 bridgehead atoms. The third-order valence-corrected chi connectivity index (χ3v) is 2.24. The number of amides is 1. The summed E-state index contributed by atoms with van der Waals surface area (Å²) >= 11 is 0. The van der Waals surface area contributed by atoms with Crippen molar-refractivity contribution in [3.8, 4) is 11.9 Å². The predicted octanol–water partition coefficient (Wildman–Crippen LogP) is 1.47. The summed E-state index contributed by atoms with van der Waals surface area (Å²) < 4.78 is 5.03. The largest absolute Gasteiger partial charge is 0.480 e. The first-order chi connectivity index (χ1) is 8.24. The van der Waals surface area contributed by atoms with E-state index in [9.17, 15) is 4.79 Å². The molecule has 0 spiro atoms. The van der Waals surface area contributed by atoms with Gasteiger partial charge in [0.25, 0.3) is 5.91 Å². The van der Waals surface area contributed by atoms with Crippen molar-refractivity contribution in [1.29, 1.82) is 5.26 Å². The van der Waals surface area contributed by atoms with Gasteiger partial charge in [-0.2, -0.15) is 5.26 Å². The highest BCUT2D eigenvalue weighted by Crippen LogP contribution is 2.16. The van der Waals surface area contributed by atoms with Gasteiger partial charge in [-0.05, 0) is 18.6 Å². The number of carbonyl (C=O) groups is 1. The van der Waals surface area contributed by atoms with Crippen LogP contribution in [-0.2, 0) is 0 Å². The van der Waals surface area contributed by atoms with Crippen LogP contribution in [0, 0.1) is 11.3 Å². The zero-order valence-corrected chi connectivity index (χ0v) is 10.0. The van der Waals surface area contributed by atoms with E-state index in [-0.39, 0.29) is 18.3 Å². The van der Waals surface area contributed by atoms with E-state index in [1.165, 1.54) is 12.0 Å². The molecule has 1 rings (SSSR count). The van der Waals surface area contributed by atoms with Crippen LogP contribution in [0.2, 0.25) is 0 Å². The highest BCUT2D eigenvalue weighted by atomic mass is 16.5. The smallest absolute Gasteiger partial charge is 0.260 e. The number of methoxy groups -OCH3 is 1. The SMILES string of the molecule is CCCN(CC#N)C(=O)c1cccnc1OC. The molecule has 0 radical (unpaired) electrons. The molecule has 0 aliphatic heterocycles. The zero-order chi connectivity index (χ0) is 12.7. The van der Waals surface area contributed by atoms with Crippen molar-refractivity contribution in [3.05, 3.63) is 23.9 Å². The van der Waals surface area contributed by atoms with Gasteiger partial charge in [0.1, 0.15) is 12.1 Å². The lowest BCUT2D eigenvalue weighted by Crippen LogP contribution is -2.32. The number of ether oxygens (including phenoxy) is 1. The van der Waals surface area contributed by atoms with E-state index in [2.05, 4.69) is 4.98 Å². The molecule has 0 saturated heterocycles. The number of hydrogen-bond donors (Lipinski definition) is 0. The number of rotatable bonds is 5. The quantitative estimate of drug-likeness (QED) is 0.722. The standard InChI is InChI=1S/C12H15N3O2/c1-3-8-15(9-6-13)12(16)10-5-4-7-14-11(10)17-2/h4-5,7H,3,8-9H2,1-2H3. The predicted molar refractivity (Wildman–Crippen MR) is 62.6 cm³/mol. The Bertz CT molecular complexity index is 426. The molecule has 0 aromatic carbocycles. The van der Waals surface area contributed by atoms with Crippen LogP contribution in [0.15, 0.2) is 18.3 Å². The molecule has 90 valence electrons. The summed E-state index contributed by atoms with van der Waals surface area (Å²) in [6.45, 7) is 2.58. The Morgan fingerprint density at radius 2 is 2.41 bits per heavy atom. The summed E-state index contributed by atoms with van der Waals surface area (Å²) in [5, 5.41) is 8.69. The Balaban J connectivity index is 2.97. The van der Waals surface area contributed by atoms with Gasteiger partial charge in [-0.1, -0.05) is 6.92 Å². The van der Waals surface area contributed by atoms with Gasteiger partial charge < -0.3 is 9.64 Å². The van der Waals surface area contributed by atoms with Crippen molar-refractivity contribution in [1.82, 2.24) is 9.88 Å². The second kappa shape index (κ2) is 6.48. The molecular weight excluding hydrogens is 218 g/mol. The molecule has 1 aromatic rings. The third-order valence-electron chi connectivity index (χ3n) is 2.24. The molecule has 0 saturated carbocycles. The van der Waals surface area contributed by atoms with Crippen molar-refractivity contribution in [2.75, 3.05) is 20.2 Å². The first-order valence-corrected chi connectivity index (χ1v) is 5.39. The fraction of sp³-hybridized carbons (Fsp3) is 0.417. The molecular formula is C12H15N3O2. The fourth-order valence-electron chi connectivity index (χ4n) is 1.49. The van der Waals surface area contributed by atoms with Crippen LogP contribution in [-0.4, -0.2) is 36.0 Å². The number of hydrogen-bond acceptors (Lipinski definition) is 4. The molecule has 5 heteroatoms. The monoisotopic (exact) mass is 233 g/mol. The Morgan fingerprint density at radius 3 is 3.00 bits per heavy atom. The first-order valence-electron chi connectivity index (χ1n) is 5.39. The Labute approximate surface area is 101 Å². The first kappa shape index (κ1) is 13.0. The van der Waals surface area contributed by atoms with Gasteiger partial charge in [0.2, 0.25) is 5.88 Å². The van der Waals surface area contributed by atoms with E-state index in [0.717, 1.165) is 6.42 Å². The lowest BCUT2D eigenvalue weighted by molar-refractivity contribution is 0.0772. The lowest BCUT2D eigenvalue weighted by Gasteiger charge is -2.19. The molecule has 0 aliphatic carbocycles. The molecule has 0 fully saturated rings. The number of nitrogens with zero attached hydrogens (tertiary/aromatic N) is 3. The summed E-state index contributed by atoms with van der Waals surface area (Å²) in [5.41, 5.74) is 0.388. The fourth-order valence-corrected chi connectivity index (χ4v) is 1.49. The van der Waals surface area contributed by atoms with Crippen molar-refractivity contribution in [2.45, 2.75) is 13.3 Å². The highest BCUT2D eigenvalue weighted by Gasteiger charge is 2.19. The number of nitriles is 1. The van der Waals surface area contributed by atoms with Crippen molar-refractivity contribution >= 4 is 5.91 Å². The maximum Gasteiger partial charge on any atom is 0.260 e. The molecule has 0 aliphatic rings. The minimum atomic E-state index is -0.224. The van der Waals surface area contributed by atoms with Gasteiger partial charge in [-0.3, -0.25) is 4.79 Å². The van der Waals surface area contributed by atoms with Crippen molar-refractivity contribution in [2.24, 2.45) is 0 Å². The number of pyridine rings is 1. The Kier molecular flexibility index (Phi) is 4.95. The summed E-state index contributed by atoms with van der Waals surface area (Å²) in [6, 6.07) is 5.30. The average molecular weight is 233 g/mol. The average Bonchev–Trinajstić information content (AvgIpc) is 2.37. The highest BCUT2D eigenvalue weighted by molar-refractivity contribution is 5.96. The van der Waals surface area contributed by atoms with Gasteiger partial charge >= 0.3 is 0 Å². The molecule has 0 unspecified atom stereocenters. The topological polar surface area (TPSA) is 66.2 Å². The van der Waals surface area contributed by atoms with E-state index < -0.39 is 0 Å². The summed E-state index contributed by atoms with van der Waals surface area (Å²) in [7, 11) is 1.47. The van der Waals surface area contributed by atoms with E-state index in [1.807, 2.05) is 13.0 Å². The molecule has 0 N–H and O–H groups in total. The molecule has 17 heavy (non-hydrogen) atoms. The van der Waals surface area contributed by atoms with Crippen LogP contribution < -0.4 is 4.74 Å². The van der Waals surface area contributed by atoms with E-state index in [0.29, 0.717) is 12.1 Å². The van der Waals surface area contributed by atoms with Gasteiger partial charge in [-0.25, -0.2) is 4.98 Å². The second-order valence-electron chi connectivity index (χ2n) is 3.45. The van der Waals surface area contributed by atoms with E-state index in [4.69, 9.17) is 10.00 Å². The normalized spacial score (nSPS) is 9.47. The second-order valence-corrected chi connectivity index (χ2v) is 3.45. The maximum absolute atomic E-state index is 12.2. The Morgan fingerprint density at radius 1 is 1.65 bits per heavy atom. The van der Waals surface area contributed by atoms with Crippen LogP contribution in [0.4, 0.5) is 0 Å². The van der Waals surface area contributed by atoms with Gasteiger partial charge in [0.05, 0.1) is 13.2 Å². The van der Waals surface area contributed by atoms with E-state index in [1.54, 1.807) is 18.3 Å². The summed E-state index contributed by atoms with van der Waals surface area (Å²) in [4.78, 5) is 17.6. The van der Waals surface area contributed by atoms with Gasteiger partial charge in [-0.15, -0.1) is 0 Å². The van der Waals surface area contributed by atoms with Crippen LogP contribution >= 0.6 is 0 Å².